The summed E-state index contributed by atoms with van der Waals surface area (Å²) in [4.78, 5) is 19.6. The zero-order valence-electron chi connectivity index (χ0n) is 17.0. The van der Waals surface area contributed by atoms with Gasteiger partial charge in [0.15, 0.2) is 0 Å². The first-order valence-corrected chi connectivity index (χ1v) is 10.6. The lowest BCUT2D eigenvalue weighted by atomic mass is 9.87. The van der Waals surface area contributed by atoms with E-state index in [0.717, 1.165) is 38.0 Å². The van der Waals surface area contributed by atoms with Gasteiger partial charge in [0.2, 0.25) is 0 Å². The van der Waals surface area contributed by atoms with Crippen LogP contribution in [0.25, 0.3) is 0 Å². The number of nitrogens with one attached hydrogen (secondary N) is 2. The van der Waals surface area contributed by atoms with E-state index in [0.29, 0.717) is 16.5 Å². The fourth-order valence-corrected chi connectivity index (χ4v) is 4.30. The van der Waals surface area contributed by atoms with Gasteiger partial charge in [0.25, 0.3) is 0 Å². The molecule has 1 aliphatic carbocycles. The van der Waals surface area contributed by atoms with Crippen molar-refractivity contribution in [3.8, 4) is 5.75 Å². The number of hydrogen-bond acceptors (Lipinski definition) is 5. The summed E-state index contributed by atoms with van der Waals surface area (Å²) in [6, 6.07) is 10.5. The second-order valence-electron chi connectivity index (χ2n) is 8.06. The van der Waals surface area contributed by atoms with Gasteiger partial charge in [-0.2, -0.15) is 0 Å². The fraction of sp³-hybridized carbons (Fsp3) is 0.455. The third kappa shape index (κ3) is 4.53. The van der Waals surface area contributed by atoms with Crippen LogP contribution >= 0.6 is 11.6 Å². The summed E-state index contributed by atoms with van der Waals surface area (Å²) in [6.07, 6.45) is 4.52. The number of nitrogens with zero attached hydrogens (tertiary/aromatic N) is 2. The summed E-state index contributed by atoms with van der Waals surface area (Å²) in [6.45, 7) is 1.75. The molecule has 2 unspecified atom stereocenters. The molecule has 2 aliphatic rings. The molecule has 1 aromatic carbocycles. The van der Waals surface area contributed by atoms with Crippen LogP contribution in [0.4, 0.5) is 10.5 Å². The van der Waals surface area contributed by atoms with E-state index >= 15 is 0 Å². The molecule has 30 heavy (non-hydrogen) atoms. The number of aliphatic hydroxyl groups is 1. The SMILES string of the molecule is COc1ccc(C2CN(C3(CO)CC3)CCC2NC(=O)Nc2ccc(Cl)cc2)nc1. The number of carbonyl (C=O) groups is 1. The van der Waals surface area contributed by atoms with Gasteiger partial charge in [-0.05, 0) is 55.7 Å². The maximum absolute atomic E-state index is 12.6. The number of likely N-dealkylation sites (tertiary alicyclic amines) is 1. The molecule has 2 amide bonds. The molecular weight excluding hydrogens is 404 g/mol. The smallest absolute Gasteiger partial charge is 0.319 e. The number of amides is 2. The van der Waals surface area contributed by atoms with Crippen molar-refractivity contribution in [1.82, 2.24) is 15.2 Å². The number of carbonyl (C=O) groups excluding carboxylic acids is 1. The molecule has 2 atom stereocenters. The van der Waals surface area contributed by atoms with Crippen molar-refractivity contribution < 1.29 is 14.6 Å². The van der Waals surface area contributed by atoms with Crippen LogP contribution in [0.1, 0.15) is 30.9 Å². The maximum atomic E-state index is 12.6. The van der Waals surface area contributed by atoms with Gasteiger partial charge in [-0.25, -0.2) is 4.79 Å². The average molecular weight is 431 g/mol. The molecule has 0 radical (unpaired) electrons. The van der Waals surface area contributed by atoms with Crippen molar-refractivity contribution in [2.24, 2.45) is 0 Å². The number of benzene rings is 1. The summed E-state index contributed by atoms with van der Waals surface area (Å²) in [5.41, 5.74) is 1.50. The quantitative estimate of drug-likeness (QED) is 0.654. The Balaban J connectivity index is 1.49. The number of piperidine rings is 1. The minimum absolute atomic E-state index is 0.0182. The number of aliphatic hydroxyl groups excluding tert-OH is 1. The van der Waals surface area contributed by atoms with Crippen LogP contribution in [0, 0.1) is 0 Å². The van der Waals surface area contributed by atoms with Gasteiger partial charge in [-0.1, -0.05) is 11.6 Å². The first-order valence-electron chi connectivity index (χ1n) is 10.2. The Kier molecular flexibility index (Phi) is 6.13. The Hall–Kier alpha value is -2.35. The number of rotatable bonds is 6. The minimum Gasteiger partial charge on any atom is -0.495 e. The lowest BCUT2D eigenvalue weighted by molar-refractivity contribution is 0.0680. The largest absolute Gasteiger partial charge is 0.495 e. The van der Waals surface area contributed by atoms with Crippen molar-refractivity contribution in [3.05, 3.63) is 53.3 Å². The van der Waals surface area contributed by atoms with Gasteiger partial charge in [-0.15, -0.1) is 0 Å². The molecule has 1 saturated carbocycles. The molecule has 8 heteroatoms. The van der Waals surface area contributed by atoms with Crippen molar-refractivity contribution in [2.45, 2.75) is 36.8 Å². The zero-order valence-corrected chi connectivity index (χ0v) is 17.7. The molecular formula is C22H27ClN4O3. The first kappa shape index (κ1) is 20.9. The molecule has 0 spiro atoms. The Morgan fingerprint density at radius 1 is 1.30 bits per heavy atom. The highest BCUT2D eigenvalue weighted by Gasteiger charge is 2.50. The molecule has 2 heterocycles. The lowest BCUT2D eigenvalue weighted by Gasteiger charge is -2.42. The van der Waals surface area contributed by atoms with Crippen LogP contribution in [0.2, 0.25) is 5.02 Å². The molecule has 7 nitrogen and oxygen atoms in total. The predicted molar refractivity (Wildman–Crippen MR) is 116 cm³/mol. The third-order valence-corrected chi connectivity index (χ3v) is 6.45. The summed E-state index contributed by atoms with van der Waals surface area (Å²) in [5, 5.41) is 16.5. The molecule has 2 fully saturated rings. The summed E-state index contributed by atoms with van der Waals surface area (Å²) >= 11 is 5.91. The second-order valence-corrected chi connectivity index (χ2v) is 8.49. The molecule has 3 N–H and O–H groups in total. The van der Waals surface area contributed by atoms with Gasteiger partial charge in [-0.3, -0.25) is 9.88 Å². The summed E-state index contributed by atoms with van der Waals surface area (Å²) < 4.78 is 5.23. The van der Waals surface area contributed by atoms with Crippen molar-refractivity contribution in [2.75, 3.05) is 32.1 Å². The van der Waals surface area contributed by atoms with E-state index in [2.05, 4.69) is 20.5 Å². The second kappa shape index (κ2) is 8.79. The Labute approximate surface area is 181 Å². The predicted octanol–water partition coefficient (Wildman–Crippen LogP) is 3.25. The molecule has 2 aromatic rings. The third-order valence-electron chi connectivity index (χ3n) is 6.20. The molecule has 1 aromatic heterocycles. The average Bonchev–Trinajstić information content (AvgIpc) is 3.57. The maximum Gasteiger partial charge on any atom is 0.319 e. The van der Waals surface area contributed by atoms with Crippen LogP contribution < -0.4 is 15.4 Å². The Morgan fingerprint density at radius 3 is 2.67 bits per heavy atom. The van der Waals surface area contributed by atoms with Crippen LogP contribution in [0.5, 0.6) is 5.75 Å². The number of pyridine rings is 1. The highest BCUT2D eigenvalue weighted by Crippen LogP contribution is 2.44. The normalized spacial score (nSPS) is 22.9. The summed E-state index contributed by atoms with van der Waals surface area (Å²) in [7, 11) is 1.61. The molecule has 1 saturated heterocycles. The van der Waals surface area contributed by atoms with Crippen LogP contribution in [-0.2, 0) is 0 Å². The molecule has 4 rings (SSSR count). The zero-order chi connectivity index (χ0) is 21.1. The number of ether oxygens (including phenoxy) is 1. The molecule has 160 valence electrons. The first-order chi connectivity index (χ1) is 14.5. The van der Waals surface area contributed by atoms with Gasteiger partial charge in [0.05, 0.1) is 19.9 Å². The molecule has 1 aliphatic heterocycles. The van der Waals surface area contributed by atoms with Gasteiger partial charge < -0.3 is 20.5 Å². The monoisotopic (exact) mass is 430 g/mol. The van der Waals surface area contributed by atoms with Crippen molar-refractivity contribution in [1.29, 1.82) is 0 Å². The number of hydrogen-bond donors (Lipinski definition) is 3. The number of methoxy groups -OCH3 is 1. The lowest BCUT2D eigenvalue weighted by Crippen LogP contribution is -2.54. The Bertz CT molecular complexity index is 871. The topological polar surface area (TPSA) is 86.7 Å². The summed E-state index contributed by atoms with van der Waals surface area (Å²) in [5.74, 6) is 0.718. The number of aromatic nitrogens is 1. The van der Waals surface area contributed by atoms with E-state index in [1.807, 2.05) is 12.1 Å². The van der Waals surface area contributed by atoms with Gasteiger partial charge in [0.1, 0.15) is 5.75 Å². The standard InChI is InChI=1S/C22H27ClN4O3/c1-30-17-6-7-19(24-12-17)18-13-27(22(14-28)9-10-22)11-8-20(18)26-21(29)25-16-4-2-15(23)3-5-16/h2-7,12,18,20,28H,8-11,13-14H2,1H3,(H2,25,26,29). The number of halogens is 1. The van der Waals surface area contributed by atoms with E-state index in [-0.39, 0.29) is 30.1 Å². The highest BCUT2D eigenvalue weighted by molar-refractivity contribution is 6.30. The van der Waals surface area contributed by atoms with Crippen LogP contribution in [0.15, 0.2) is 42.6 Å². The number of urea groups is 1. The number of anilines is 1. The molecule has 0 bridgehead atoms. The Morgan fingerprint density at radius 2 is 2.07 bits per heavy atom. The van der Waals surface area contributed by atoms with Gasteiger partial charge >= 0.3 is 6.03 Å². The fourth-order valence-electron chi connectivity index (χ4n) is 4.17. The van der Waals surface area contributed by atoms with E-state index in [1.165, 1.54) is 0 Å². The highest BCUT2D eigenvalue weighted by atomic mass is 35.5. The minimum atomic E-state index is -0.252. The van der Waals surface area contributed by atoms with E-state index in [1.54, 1.807) is 37.6 Å². The van der Waals surface area contributed by atoms with Gasteiger partial charge in [0, 0.05) is 47.0 Å². The van der Waals surface area contributed by atoms with Crippen LogP contribution in [-0.4, -0.2) is 59.4 Å². The van der Waals surface area contributed by atoms with Crippen molar-refractivity contribution >= 4 is 23.3 Å². The van der Waals surface area contributed by atoms with E-state index in [4.69, 9.17) is 16.3 Å². The van der Waals surface area contributed by atoms with E-state index < -0.39 is 0 Å². The van der Waals surface area contributed by atoms with Crippen LogP contribution in [0.3, 0.4) is 0 Å². The van der Waals surface area contributed by atoms with Crippen molar-refractivity contribution in [3.63, 3.8) is 0 Å². The van der Waals surface area contributed by atoms with E-state index in [9.17, 15) is 9.90 Å².